The van der Waals surface area contributed by atoms with Crippen molar-refractivity contribution in [3.63, 3.8) is 0 Å². The van der Waals surface area contributed by atoms with Crippen LogP contribution in [0.1, 0.15) is 31.2 Å². The Morgan fingerprint density at radius 2 is 2.04 bits per heavy atom. The van der Waals surface area contributed by atoms with Gasteiger partial charge in [0.25, 0.3) is 0 Å². The Bertz CT molecular complexity index is 511. The number of amides is 1. The maximum Gasteiger partial charge on any atom is 0.246 e. The average molecular weight is 320 g/mol. The molecule has 5 nitrogen and oxygen atoms in total. The summed E-state index contributed by atoms with van der Waals surface area (Å²) in [6, 6.07) is 7.68. The Kier molecular flexibility index (Phi) is 6.42. The summed E-state index contributed by atoms with van der Waals surface area (Å²) in [5.41, 5.74) is 1.11. The minimum Gasteiger partial charge on any atom is -0.497 e. The molecule has 1 aromatic carbocycles. The molecular weight excluding hydrogens is 292 g/mol. The van der Waals surface area contributed by atoms with Crippen LogP contribution < -0.4 is 10.1 Å². The first kappa shape index (κ1) is 17.8. The largest absolute Gasteiger partial charge is 0.497 e. The predicted molar refractivity (Wildman–Crippen MR) is 90.5 cm³/mol. The molecule has 1 amide bonds. The molecule has 23 heavy (non-hydrogen) atoms. The second-order valence-corrected chi connectivity index (χ2v) is 6.45. The van der Waals surface area contributed by atoms with Crippen LogP contribution in [-0.4, -0.2) is 50.7 Å². The first-order valence-corrected chi connectivity index (χ1v) is 8.20. The monoisotopic (exact) mass is 320 g/mol. The zero-order valence-corrected chi connectivity index (χ0v) is 14.4. The number of benzene rings is 1. The number of nitrogens with zero attached hydrogens (tertiary/aromatic N) is 1. The van der Waals surface area contributed by atoms with Crippen LogP contribution in [0.3, 0.4) is 0 Å². The lowest BCUT2D eigenvalue weighted by Gasteiger charge is -2.36. The van der Waals surface area contributed by atoms with E-state index in [-0.39, 0.29) is 18.1 Å². The van der Waals surface area contributed by atoms with Crippen molar-refractivity contribution in [2.24, 2.45) is 0 Å². The van der Waals surface area contributed by atoms with Crippen molar-refractivity contribution in [3.8, 4) is 5.75 Å². The lowest BCUT2D eigenvalue weighted by atomic mass is 9.96. The van der Waals surface area contributed by atoms with E-state index >= 15 is 0 Å². The third-order valence-corrected chi connectivity index (χ3v) is 4.73. The Morgan fingerprint density at radius 3 is 2.70 bits per heavy atom. The van der Waals surface area contributed by atoms with Gasteiger partial charge in [0.05, 0.1) is 13.7 Å². The Morgan fingerprint density at radius 1 is 1.30 bits per heavy atom. The predicted octanol–water partition coefficient (Wildman–Crippen LogP) is 2.20. The summed E-state index contributed by atoms with van der Waals surface area (Å²) in [5, 5.41) is 3.03. The summed E-state index contributed by atoms with van der Waals surface area (Å²) in [5.74, 6) is 0.741. The fourth-order valence-corrected chi connectivity index (χ4v) is 3.15. The third kappa shape index (κ3) is 4.94. The molecule has 0 unspecified atom stereocenters. The third-order valence-electron chi connectivity index (χ3n) is 4.73. The molecule has 128 valence electrons. The molecule has 1 aromatic rings. The van der Waals surface area contributed by atoms with Gasteiger partial charge < -0.3 is 19.7 Å². The highest BCUT2D eigenvalue weighted by Gasteiger charge is 2.35. The van der Waals surface area contributed by atoms with Crippen molar-refractivity contribution in [1.82, 2.24) is 10.2 Å². The fourth-order valence-electron chi connectivity index (χ4n) is 3.15. The van der Waals surface area contributed by atoms with Crippen molar-refractivity contribution in [2.45, 2.75) is 37.8 Å². The number of methoxy groups -OCH3 is 1. The molecule has 5 heteroatoms. The van der Waals surface area contributed by atoms with E-state index in [9.17, 15) is 4.79 Å². The number of carbonyl (C=O) groups excluding carboxylic acids is 1. The van der Waals surface area contributed by atoms with Gasteiger partial charge >= 0.3 is 0 Å². The number of hydrogen-bond donors (Lipinski definition) is 1. The van der Waals surface area contributed by atoms with Crippen LogP contribution in [0.5, 0.6) is 5.75 Å². The van der Waals surface area contributed by atoms with Crippen molar-refractivity contribution < 1.29 is 14.3 Å². The molecule has 0 atom stereocenters. The molecule has 2 rings (SSSR count). The van der Waals surface area contributed by atoms with E-state index < -0.39 is 0 Å². The summed E-state index contributed by atoms with van der Waals surface area (Å²) < 4.78 is 10.7. The van der Waals surface area contributed by atoms with Gasteiger partial charge in [-0.15, -0.1) is 0 Å². The maximum absolute atomic E-state index is 12.0. The molecule has 1 saturated carbocycles. The Balaban J connectivity index is 1.72. The second kappa shape index (κ2) is 8.31. The summed E-state index contributed by atoms with van der Waals surface area (Å²) in [6.45, 7) is 1.19. The van der Waals surface area contributed by atoms with Crippen molar-refractivity contribution in [2.75, 3.05) is 34.4 Å². The van der Waals surface area contributed by atoms with Gasteiger partial charge in [0.2, 0.25) is 5.91 Å². The zero-order valence-electron chi connectivity index (χ0n) is 14.4. The van der Waals surface area contributed by atoms with Gasteiger partial charge in [-0.1, -0.05) is 25.0 Å². The molecule has 1 aliphatic carbocycles. The number of ether oxygens (including phenoxy) is 2. The quantitative estimate of drug-likeness (QED) is 0.798. The normalized spacial score (nSPS) is 16.5. The number of carbonyl (C=O) groups is 1. The molecule has 0 radical (unpaired) electrons. The topological polar surface area (TPSA) is 50.8 Å². The van der Waals surface area contributed by atoms with Gasteiger partial charge in [0.15, 0.2) is 0 Å². The van der Waals surface area contributed by atoms with Crippen LogP contribution >= 0.6 is 0 Å². The van der Waals surface area contributed by atoms with E-state index in [1.807, 2.05) is 24.3 Å². The number of hydrogen-bond acceptors (Lipinski definition) is 4. The second-order valence-electron chi connectivity index (χ2n) is 6.45. The van der Waals surface area contributed by atoms with Crippen LogP contribution in [0.15, 0.2) is 24.3 Å². The minimum atomic E-state index is -0.0546. The molecule has 0 saturated heterocycles. The minimum absolute atomic E-state index is 0.0546. The molecule has 1 fully saturated rings. The zero-order chi connectivity index (χ0) is 16.7. The molecule has 0 heterocycles. The number of nitrogens with one attached hydrogen (secondary N) is 1. The van der Waals surface area contributed by atoms with Gasteiger partial charge in [-0.3, -0.25) is 4.79 Å². The van der Waals surface area contributed by atoms with E-state index in [1.54, 1.807) is 7.11 Å². The summed E-state index contributed by atoms with van der Waals surface area (Å²) in [7, 11) is 5.82. The van der Waals surface area contributed by atoms with Crippen molar-refractivity contribution >= 4 is 5.91 Å². The summed E-state index contributed by atoms with van der Waals surface area (Å²) >= 11 is 0. The highest BCUT2D eigenvalue weighted by molar-refractivity contribution is 5.77. The standard InChI is InChI=1S/C18H28N2O3/c1-20(2)18(9-4-5-10-18)14-19-17(21)13-23-12-15-7-6-8-16(11-15)22-3/h6-8,11H,4-5,9-10,12-14H2,1-3H3,(H,19,21). The number of likely N-dealkylation sites (N-methyl/N-ethyl adjacent to an activating group) is 1. The van der Waals surface area contributed by atoms with E-state index in [2.05, 4.69) is 24.3 Å². The maximum atomic E-state index is 12.0. The van der Waals surface area contributed by atoms with Crippen LogP contribution in [0.4, 0.5) is 0 Å². The molecule has 0 aromatic heterocycles. The molecular formula is C18H28N2O3. The molecule has 0 bridgehead atoms. The number of rotatable bonds is 8. The van der Waals surface area contributed by atoms with Gasteiger partial charge in [-0.2, -0.15) is 0 Å². The first-order chi connectivity index (χ1) is 11.1. The van der Waals surface area contributed by atoms with E-state index in [1.165, 1.54) is 12.8 Å². The van der Waals surface area contributed by atoms with Crippen molar-refractivity contribution in [3.05, 3.63) is 29.8 Å². The van der Waals surface area contributed by atoms with E-state index in [0.717, 1.165) is 24.2 Å². The molecule has 0 aliphatic heterocycles. The van der Waals surface area contributed by atoms with Crippen LogP contribution in [-0.2, 0) is 16.1 Å². The van der Waals surface area contributed by atoms with Crippen LogP contribution in [0.25, 0.3) is 0 Å². The first-order valence-electron chi connectivity index (χ1n) is 8.20. The van der Waals surface area contributed by atoms with Crippen LogP contribution in [0, 0.1) is 0 Å². The average Bonchev–Trinajstić information content (AvgIpc) is 3.03. The summed E-state index contributed by atoms with van der Waals surface area (Å²) in [6.07, 6.45) is 4.76. The molecule has 1 aliphatic rings. The van der Waals surface area contributed by atoms with Gasteiger partial charge in [0, 0.05) is 12.1 Å². The van der Waals surface area contributed by atoms with Gasteiger partial charge in [-0.25, -0.2) is 0 Å². The highest BCUT2D eigenvalue weighted by Crippen LogP contribution is 2.33. The lowest BCUT2D eigenvalue weighted by Crippen LogP contribution is -2.51. The van der Waals surface area contributed by atoms with E-state index in [0.29, 0.717) is 13.2 Å². The summed E-state index contributed by atoms with van der Waals surface area (Å²) in [4.78, 5) is 14.2. The van der Waals surface area contributed by atoms with Gasteiger partial charge in [0.1, 0.15) is 12.4 Å². The smallest absolute Gasteiger partial charge is 0.246 e. The molecule has 1 N–H and O–H groups in total. The van der Waals surface area contributed by atoms with E-state index in [4.69, 9.17) is 9.47 Å². The lowest BCUT2D eigenvalue weighted by molar-refractivity contribution is -0.126. The SMILES string of the molecule is COc1cccc(COCC(=O)NCC2(N(C)C)CCCC2)c1. The van der Waals surface area contributed by atoms with Gasteiger partial charge in [-0.05, 0) is 44.6 Å². The highest BCUT2D eigenvalue weighted by atomic mass is 16.5. The van der Waals surface area contributed by atoms with Crippen molar-refractivity contribution in [1.29, 1.82) is 0 Å². The Hall–Kier alpha value is -1.59. The Labute approximate surface area is 139 Å². The van der Waals surface area contributed by atoms with Crippen LogP contribution in [0.2, 0.25) is 0 Å². The molecule has 0 spiro atoms. The fraction of sp³-hybridized carbons (Fsp3) is 0.611.